The van der Waals surface area contributed by atoms with Crippen molar-refractivity contribution in [3.8, 4) is 0 Å². The second kappa shape index (κ2) is 6.70. The lowest BCUT2D eigenvalue weighted by atomic mass is 10.4. The molecule has 0 aliphatic heterocycles. The third kappa shape index (κ3) is 4.50. The monoisotopic (exact) mass is 257 g/mol. The summed E-state index contributed by atoms with van der Waals surface area (Å²) in [4.78, 5) is 27.9. The van der Waals surface area contributed by atoms with Crippen molar-refractivity contribution in [2.45, 2.75) is 13.5 Å². The van der Waals surface area contributed by atoms with E-state index in [4.69, 9.17) is 4.52 Å². The Morgan fingerprint density at radius 3 is 2.17 bits per heavy atom. The van der Waals surface area contributed by atoms with Crippen LogP contribution in [0.15, 0.2) is 4.52 Å². The van der Waals surface area contributed by atoms with Gasteiger partial charge in [0.05, 0.1) is 33.9 Å². The minimum atomic E-state index is -0.463. The van der Waals surface area contributed by atoms with Crippen molar-refractivity contribution in [2.75, 3.05) is 27.3 Å². The van der Waals surface area contributed by atoms with Crippen LogP contribution in [0.3, 0.4) is 0 Å². The number of hydrogen-bond acceptors (Lipinski definition) is 8. The minimum absolute atomic E-state index is 0.0625. The molecule has 0 N–H and O–H groups in total. The van der Waals surface area contributed by atoms with Crippen molar-refractivity contribution >= 4 is 11.9 Å². The first kappa shape index (κ1) is 14.1. The zero-order valence-corrected chi connectivity index (χ0v) is 10.5. The van der Waals surface area contributed by atoms with E-state index in [2.05, 4.69) is 19.6 Å². The average Bonchev–Trinajstić information content (AvgIpc) is 2.74. The molecule has 0 aliphatic rings. The van der Waals surface area contributed by atoms with E-state index in [0.29, 0.717) is 11.7 Å². The largest absolute Gasteiger partial charge is 0.468 e. The van der Waals surface area contributed by atoms with Crippen LogP contribution in [0.25, 0.3) is 0 Å². The number of esters is 2. The van der Waals surface area contributed by atoms with E-state index >= 15 is 0 Å². The van der Waals surface area contributed by atoms with Crippen LogP contribution in [-0.4, -0.2) is 54.3 Å². The van der Waals surface area contributed by atoms with Gasteiger partial charge in [-0.2, -0.15) is 4.98 Å². The van der Waals surface area contributed by atoms with Gasteiger partial charge in [0, 0.05) is 0 Å². The van der Waals surface area contributed by atoms with Gasteiger partial charge < -0.3 is 14.0 Å². The summed E-state index contributed by atoms with van der Waals surface area (Å²) in [5.74, 6) is -0.119. The number of aryl methyl sites for hydroxylation is 1. The molecule has 0 bridgehead atoms. The van der Waals surface area contributed by atoms with Gasteiger partial charge in [0.25, 0.3) is 0 Å². The first-order chi connectivity index (χ1) is 8.55. The number of rotatable bonds is 6. The van der Waals surface area contributed by atoms with Crippen LogP contribution in [0.1, 0.15) is 11.7 Å². The summed E-state index contributed by atoms with van der Waals surface area (Å²) in [6, 6.07) is 0. The number of carbonyl (C=O) groups excluding carboxylic acids is 2. The summed E-state index contributed by atoms with van der Waals surface area (Å²) < 4.78 is 14.0. The quantitative estimate of drug-likeness (QED) is 0.631. The van der Waals surface area contributed by atoms with Gasteiger partial charge in [0.15, 0.2) is 5.82 Å². The van der Waals surface area contributed by atoms with Crippen LogP contribution in [0.2, 0.25) is 0 Å². The summed E-state index contributed by atoms with van der Waals surface area (Å²) in [5, 5.41) is 3.62. The molecule has 1 rings (SSSR count). The molecule has 0 unspecified atom stereocenters. The molecular weight excluding hydrogens is 242 g/mol. The smallest absolute Gasteiger partial charge is 0.319 e. The molecule has 1 heterocycles. The molecule has 8 nitrogen and oxygen atoms in total. The molecule has 0 saturated heterocycles. The number of nitrogens with zero attached hydrogens (tertiary/aromatic N) is 3. The molecular formula is C10H15N3O5. The van der Waals surface area contributed by atoms with Crippen LogP contribution in [-0.2, 0) is 25.6 Å². The fourth-order valence-corrected chi connectivity index (χ4v) is 1.26. The number of ether oxygens (including phenoxy) is 2. The molecule has 8 heteroatoms. The zero-order valence-electron chi connectivity index (χ0n) is 10.5. The molecule has 0 amide bonds. The number of aromatic nitrogens is 2. The second-order valence-corrected chi connectivity index (χ2v) is 3.53. The van der Waals surface area contributed by atoms with Crippen molar-refractivity contribution in [1.82, 2.24) is 15.0 Å². The van der Waals surface area contributed by atoms with E-state index in [1.807, 2.05) is 0 Å². The lowest BCUT2D eigenvalue weighted by Crippen LogP contribution is -2.35. The van der Waals surface area contributed by atoms with Crippen molar-refractivity contribution in [3.05, 3.63) is 11.7 Å². The molecule has 0 saturated carbocycles. The molecule has 0 aromatic carbocycles. The molecule has 0 aliphatic carbocycles. The molecule has 1 aromatic rings. The summed E-state index contributed by atoms with van der Waals surface area (Å²) in [6.07, 6.45) is 0. The molecule has 0 radical (unpaired) electrons. The minimum Gasteiger partial charge on any atom is -0.468 e. The summed E-state index contributed by atoms with van der Waals surface area (Å²) in [5.41, 5.74) is 0. The Labute approximate surface area is 104 Å². The van der Waals surface area contributed by atoms with Crippen molar-refractivity contribution in [2.24, 2.45) is 0 Å². The highest BCUT2D eigenvalue weighted by Gasteiger charge is 2.18. The molecule has 1 aromatic heterocycles. The standard InChI is InChI=1S/C10H15N3O5/c1-7-11-8(18-12-7)4-13(5-9(14)16-2)6-10(15)17-3/h4-6H2,1-3H3. The van der Waals surface area contributed by atoms with Crippen LogP contribution >= 0.6 is 0 Å². The van der Waals surface area contributed by atoms with E-state index < -0.39 is 11.9 Å². The highest BCUT2D eigenvalue weighted by molar-refractivity contribution is 5.74. The predicted molar refractivity (Wildman–Crippen MR) is 58.3 cm³/mol. The number of methoxy groups -OCH3 is 2. The summed E-state index contributed by atoms with van der Waals surface area (Å²) in [6.45, 7) is 1.73. The third-order valence-corrected chi connectivity index (χ3v) is 2.09. The normalized spacial score (nSPS) is 10.4. The first-order valence-corrected chi connectivity index (χ1v) is 5.20. The summed E-state index contributed by atoms with van der Waals surface area (Å²) >= 11 is 0. The van der Waals surface area contributed by atoms with Gasteiger partial charge in [-0.25, -0.2) is 0 Å². The van der Waals surface area contributed by atoms with Crippen LogP contribution in [0, 0.1) is 6.92 Å². The van der Waals surface area contributed by atoms with Gasteiger partial charge in [0.2, 0.25) is 5.89 Å². The van der Waals surface area contributed by atoms with Crippen LogP contribution in [0.5, 0.6) is 0 Å². The Balaban J connectivity index is 2.64. The molecule has 0 spiro atoms. The SMILES string of the molecule is COC(=O)CN(CC(=O)OC)Cc1nc(C)no1. The Kier molecular flexibility index (Phi) is 5.25. The molecule has 0 fully saturated rings. The average molecular weight is 257 g/mol. The van der Waals surface area contributed by atoms with E-state index in [-0.39, 0.29) is 19.6 Å². The van der Waals surface area contributed by atoms with Crippen LogP contribution in [0.4, 0.5) is 0 Å². The Hall–Kier alpha value is -1.96. The Morgan fingerprint density at radius 2 is 1.78 bits per heavy atom. The number of carbonyl (C=O) groups is 2. The maximum Gasteiger partial charge on any atom is 0.319 e. The molecule has 0 atom stereocenters. The lowest BCUT2D eigenvalue weighted by Gasteiger charge is -2.17. The van der Waals surface area contributed by atoms with Gasteiger partial charge in [-0.3, -0.25) is 14.5 Å². The topological polar surface area (TPSA) is 94.8 Å². The van der Waals surface area contributed by atoms with Crippen molar-refractivity contribution in [3.63, 3.8) is 0 Å². The van der Waals surface area contributed by atoms with Crippen molar-refractivity contribution < 1.29 is 23.6 Å². The van der Waals surface area contributed by atoms with Gasteiger partial charge >= 0.3 is 11.9 Å². The molecule has 18 heavy (non-hydrogen) atoms. The predicted octanol–water partition coefficient (Wildman–Crippen LogP) is -0.474. The van der Waals surface area contributed by atoms with Gasteiger partial charge in [0.1, 0.15) is 0 Å². The fraction of sp³-hybridized carbons (Fsp3) is 0.600. The summed E-state index contributed by atoms with van der Waals surface area (Å²) in [7, 11) is 2.55. The second-order valence-electron chi connectivity index (χ2n) is 3.53. The Bertz CT molecular complexity index is 399. The van der Waals surface area contributed by atoms with Crippen molar-refractivity contribution in [1.29, 1.82) is 0 Å². The van der Waals surface area contributed by atoms with Gasteiger partial charge in [-0.15, -0.1) is 0 Å². The highest BCUT2D eigenvalue weighted by Crippen LogP contribution is 2.02. The Morgan fingerprint density at radius 1 is 1.22 bits per heavy atom. The number of hydrogen-bond donors (Lipinski definition) is 0. The zero-order chi connectivity index (χ0) is 13.5. The lowest BCUT2D eigenvalue weighted by molar-refractivity contribution is -0.145. The maximum atomic E-state index is 11.2. The van der Waals surface area contributed by atoms with Gasteiger partial charge in [-0.1, -0.05) is 5.16 Å². The highest BCUT2D eigenvalue weighted by atomic mass is 16.5. The molecule has 100 valence electrons. The first-order valence-electron chi connectivity index (χ1n) is 5.20. The fourth-order valence-electron chi connectivity index (χ4n) is 1.26. The van der Waals surface area contributed by atoms with E-state index in [9.17, 15) is 9.59 Å². The van der Waals surface area contributed by atoms with E-state index in [0.717, 1.165) is 0 Å². The van der Waals surface area contributed by atoms with E-state index in [1.165, 1.54) is 19.1 Å². The van der Waals surface area contributed by atoms with Gasteiger partial charge in [-0.05, 0) is 6.92 Å². The van der Waals surface area contributed by atoms with Crippen LogP contribution < -0.4 is 0 Å². The maximum absolute atomic E-state index is 11.2. The third-order valence-electron chi connectivity index (χ3n) is 2.09. The van der Waals surface area contributed by atoms with E-state index in [1.54, 1.807) is 6.92 Å².